The van der Waals surface area contributed by atoms with Crippen molar-refractivity contribution in [1.29, 1.82) is 0 Å². The highest BCUT2D eigenvalue weighted by molar-refractivity contribution is 8.26. The number of amides is 1. The number of anilines is 1. The van der Waals surface area contributed by atoms with Crippen molar-refractivity contribution in [2.45, 2.75) is 13.3 Å². The fourth-order valence-electron chi connectivity index (χ4n) is 3.60. The van der Waals surface area contributed by atoms with Crippen molar-refractivity contribution in [2.24, 2.45) is 0 Å². The quantitative estimate of drug-likeness (QED) is 0.289. The highest BCUT2D eigenvalue weighted by Gasteiger charge is 2.32. The number of carbonyl (C=O) groups excluding carboxylic acids is 1. The third-order valence-electron chi connectivity index (χ3n) is 5.43. The average Bonchev–Trinajstić information content (AvgIpc) is 3.11. The Hall–Kier alpha value is -3.43. The first-order valence-electron chi connectivity index (χ1n) is 10.7. The van der Waals surface area contributed by atoms with Gasteiger partial charge in [-0.05, 0) is 48.7 Å². The normalized spacial score (nSPS) is 14.8. The molecule has 3 aromatic rings. The number of aromatic nitrogens is 2. The summed E-state index contributed by atoms with van der Waals surface area (Å²) in [6.07, 6.45) is 5.59. The Labute approximate surface area is 207 Å². The van der Waals surface area contributed by atoms with Crippen molar-refractivity contribution >= 4 is 51.7 Å². The van der Waals surface area contributed by atoms with Gasteiger partial charge in [-0.15, -0.1) is 6.58 Å². The molecule has 1 N–H and O–H groups in total. The number of pyridine rings is 1. The highest BCUT2D eigenvalue weighted by atomic mass is 32.2. The van der Waals surface area contributed by atoms with Crippen LogP contribution in [0.3, 0.4) is 0 Å². The lowest BCUT2D eigenvalue weighted by Gasteiger charge is -2.14. The number of thiocarbonyl (C=S) groups is 1. The molecule has 1 saturated heterocycles. The number of benzene rings is 1. The summed E-state index contributed by atoms with van der Waals surface area (Å²) in [5.74, 6) is 0.971. The molecule has 0 radical (unpaired) electrons. The minimum atomic E-state index is -0.260. The van der Waals surface area contributed by atoms with E-state index in [4.69, 9.17) is 17.0 Å². The molecule has 2 aromatic heterocycles. The molecule has 174 valence electrons. The molecule has 1 aromatic carbocycles. The van der Waals surface area contributed by atoms with E-state index in [0.29, 0.717) is 45.8 Å². The monoisotopic (exact) mass is 492 g/mol. The smallest absolute Gasteiger partial charge is 0.267 e. The molecule has 0 spiro atoms. The molecule has 1 aliphatic rings. The number of methoxy groups -OCH3 is 1. The fraction of sp³-hybridized carbons (Fsp3) is 0.200. The predicted molar refractivity (Wildman–Crippen MR) is 141 cm³/mol. The van der Waals surface area contributed by atoms with E-state index in [1.807, 2.05) is 37.3 Å². The van der Waals surface area contributed by atoms with Crippen molar-refractivity contribution in [3.8, 4) is 5.75 Å². The summed E-state index contributed by atoms with van der Waals surface area (Å²) in [6.45, 7) is 6.49. The van der Waals surface area contributed by atoms with Gasteiger partial charge in [0.05, 0.1) is 17.6 Å². The first kappa shape index (κ1) is 23.7. The van der Waals surface area contributed by atoms with E-state index < -0.39 is 0 Å². The second kappa shape index (κ2) is 10.2. The lowest BCUT2D eigenvalue weighted by atomic mass is 10.1. The molecule has 0 aliphatic carbocycles. The SMILES string of the molecule is C=CCNc1nc2c(C)cccn2c(=O)c1/C=C1\SC(=S)N(CCc2ccc(OC)cc2)C1=O. The number of hydrogen-bond donors (Lipinski definition) is 1. The van der Waals surface area contributed by atoms with Crippen LogP contribution in [-0.4, -0.2) is 44.7 Å². The Balaban J connectivity index is 1.64. The summed E-state index contributed by atoms with van der Waals surface area (Å²) in [5.41, 5.74) is 2.55. The predicted octanol–water partition coefficient (Wildman–Crippen LogP) is 4.05. The zero-order chi connectivity index (χ0) is 24.2. The number of carbonyl (C=O) groups is 1. The Bertz CT molecular complexity index is 1360. The maximum absolute atomic E-state index is 13.3. The minimum Gasteiger partial charge on any atom is -0.497 e. The van der Waals surface area contributed by atoms with Gasteiger partial charge in [0.1, 0.15) is 21.5 Å². The van der Waals surface area contributed by atoms with Crippen molar-refractivity contribution in [1.82, 2.24) is 14.3 Å². The van der Waals surface area contributed by atoms with E-state index >= 15 is 0 Å². The van der Waals surface area contributed by atoms with Gasteiger partial charge in [-0.2, -0.15) is 0 Å². The topological polar surface area (TPSA) is 75.9 Å². The third-order valence-corrected chi connectivity index (χ3v) is 6.81. The fourth-order valence-corrected chi connectivity index (χ4v) is 4.89. The summed E-state index contributed by atoms with van der Waals surface area (Å²) >= 11 is 6.67. The summed E-state index contributed by atoms with van der Waals surface area (Å²) in [7, 11) is 1.62. The minimum absolute atomic E-state index is 0.216. The number of aryl methyl sites for hydroxylation is 1. The summed E-state index contributed by atoms with van der Waals surface area (Å²) in [4.78, 5) is 33.1. The number of thioether (sulfide) groups is 1. The number of fused-ring (bicyclic) bond motifs is 1. The standard InChI is InChI=1S/C25H24N4O3S2/c1-4-12-26-21-19(23(30)28-13-5-6-16(2)22(28)27-21)15-20-24(31)29(25(33)34-20)14-11-17-7-9-18(32-3)10-8-17/h4-10,13,15,26H,1,11-12,14H2,2-3H3/b20-15-. The number of hydrogen-bond acceptors (Lipinski definition) is 7. The molecule has 3 heterocycles. The van der Waals surface area contributed by atoms with Crippen molar-refractivity contribution < 1.29 is 9.53 Å². The lowest BCUT2D eigenvalue weighted by Crippen LogP contribution is -2.30. The van der Waals surface area contributed by atoms with Crippen molar-refractivity contribution in [3.63, 3.8) is 0 Å². The largest absolute Gasteiger partial charge is 0.497 e. The van der Waals surface area contributed by atoms with Crippen LogP contribution in [0.5, 0.6) is 5.75 Å². The molecular formula is C25H24N4O3S2. The average molecular weight is 493 g/mol. The first-order chi connectivity index (χ1) is 16.4. The van der Waals surface area contributed by atoms with Crippen LogP contribution in [0.15, 0.2) is 64.9 Å². The van der Waals surface area contributed by atoms with E-state index in [0.717, 1.165) is 16.9 Å². The summed E-state index contributed by atoms with van der Waals surface area (Å²) in [6, 6.07) is 11.4. The van der Waals surface area contributed by atoms with Gasteiger partial charge in [-0.3, -0.25) is 18.9 Å². The molecule has 1 aliphatic heterocycles. The van der Waals surface area contributed by atoms with Gasteiger partial charge in [0, 0.05) is 19.3 Å². The maximum Gasteiger partial charge on any atom is 0.267 e. The van der Waals surface area contributed by atoms with Gasteiger partial charge in [-0.25, -0.2) is 4.98 Å². The Kier molecular flexibility index (Phi) is 7.14. The third kappa shape index (κ3) is 4.76. The van der Waals surface area contributed by atoms with Gasteiger partial charge in [0.25, 0.3) is 11.5 Å². The van der Waals surface area contributed by atoms with Gasteiger partial charge in [-0.1, -0.05) is 48.3 Å². The Morgan fingerprint density at radius 2 is 2.00 bits per heavy atom. The zero-order valence-corrected chi connectivity index (χ0v) is 20.5. The molecule has 9 heteroatoms. The molecule has 4 rings (SSSR count). The molecule has 0 unspecified atom stereocenters. The van der Waals surface area contributed by atoms with Crippen LogP contribution in [0.2, 0.25) is 0 Å². The van der Waals surface area contributed by atoms with Crippen LogP contribution >= 0.6 is 24.0 Å². The van der Waals surface area contributed by atoms with Crippen molar-refractivity contribution in [2.75, 3.05) is 25.5 Å². The molecule has 1 fully saturated rings. The van der Waals surface area contributed by atoms with Crippen LogP contribution in [0, 0.1) is 6.92 Å². The number of ether oxygens (including phenoxy) is 1. The van der Waals surface area contributed by atoms with Gasteiger partial charge in [0.15, 0.2) is 0 Å². The van der Waals surface area contributed by atoms with E-state index in [2.05, 4.69) is 16.9 Å². The summed E-state index contributed by atoms with van der Waals surface area (Å²) in [5, 5.41) is 3.13. The number of nitrogens with zero attached hydrogens (tertiary/aromatic N) is 3. The number of nitrogens with one attached hydrogen (secondary N) is 1. The van der Waals surface area contributed by atoms with Gasteiger partial charge < -0.3 is 10.1 Å². The van der Waals surface area contributed by atoms with Crippen LogP contribution in [-0.2, 0) is 11.2 Å². The van der Waals surface area contributed by atoms with Crippen LogP contribution in [0.25, 0.3) is 11.7 Å². The second-order valence-electron chi connectivity index (χ2n) is 7.67. The maximum atomic E-state index is 13.3. The first-order valence-corrected chi connectivity index (χ1v) is 11.9. The second-order valence-corrected chi connectivity index (χ2v) is 9.34. The van der Waals surface area contributed by atoms with E-state index in [1.54, 1.807) is 36.4 Å². The van der Waals surface area contributed by atoms with Crippen LogP contribution in [0.1, 0.15) is 16.7 Å². The molecule has 34 heavy (non-hydrogen) atoms. The molecule has 7 nitrogen and oxygen atoms in total. The number of rotatable bonds is 8. The van der Waals surface area contributed by atoms with Crippen LogP contribution in [0.4, 0.5) is 5.82 Å². The lowest BCUT2D eigenvalue weighted by molar-refractivity contribution is -0.122. The van der Waals surface area contributed by atoms with Gasteiger partial charge in [0.2, 0.25) is 0 Å². The molecule has 0 atom stereocenters. The highest BCUT2D eigenvalue weighted by Crippen LogP contribution is 2.33. The van der Waals surface area contributed by atoms with Crippen molar-refractivity contribution in [3.05, 3.63) is 87.2 Å². The zero-order valence-electron chi connectivity index (χ0n) is 18.9. The molecule has 1 amide bonds. The van der Waals surface area contributed by atoms with Crippen LogP contribution < -0.4 is 15.6 Å². The van der Waals surface area contributed by atoms with E-state index in [-0.39, 0.29) is 11.5 Å². The summed E-state index contributed by atoms with van der Waals surface area (Å²) < 4.78 is 7.15. The van der Waals surface area contributed by atoms with Gasteiger partial charge >= 0.3 is 0 Å². The van der Waals surface area contributed by atoms with E-state index in [9.17, 15) is 9.59 Å². The Morgan fingerprint density at radius 1 is 1.24 bits per heavy atom. The molecule has 0 bridgehead atoms. The van der Waals surface area contributed by atoms with E-state index in [1.165, 1.54) is 16.2 Å². The Morgan fingerprint density at radius 3 is 2.71 bits per heavy atom. The molecular weight excluding hydrogens is 468 g/mol. The molecule has 0 saturated carbocycles.